The van der Waals surface area contributed by atoms with Crippen LogP contribution in [-0.2, 0) is 0 Å². The van der Waals surface area contributed by atoms with E-state index < -0.39 is 11.8 Å². The molecular formula is C16H15N3O2. The van der Waals surface area contributed by atoms with Crippen molar-refractivity contribution in [2.24, 2.45) is 11.5 Å². The molecule has 0 unspecified atom stereocenters. The number of carbonyl (C=O) groups excluding carboxylic acids is 2. The largest absolute Gasteiger partial charge is 0.366 e. The SMILES string of the molecule is Cc1cc2c([nH]c3cccc(C(N)=O)c32)c(C)c1C(N)=O. The second-order valence-corrected chi connectivity index (χ2v) is 5.20. The lowest BCUT2D eigenvalue weighted by Gasteiger charge is -2.08. The molecule has 5 heteroatoms. The highest BCUT2D eigenvalue weighted by atomic mass is 16.1. The van der Waals surface area contributed by atoms with E-state index in [1.165, 1.54) is 0 Å². The predicted molar refractivity (Wildman–Crippen MR) is 82.3 cm³/mol. The van der Waals surface area contributed by atoms with E-state index in [9.17, 15) is 9.59 Å². The maximum atomic E-state index is 11.6. The van der Waals surface area contributed by atoms with Crippen molar-refractivity contribution in [1.82, 2.24) is 4.98 Å². The van der Waals surface area contributed by atoms with Gasteiger partial charge >= 0.3 is 0 Å². The number of aromatic nitrogens is 1. The highest BCUT2D eigenvalue weighted by Crippen LogP contribution is 2.33. The minimum atomic E-state index is -0.476. The number of amides is 2. The van der Waals surface area contributed by atoms with Gasteiger partial charge in [-0.1, -0.05) is 6.07 Å². The van der Waals surface area contributed by atoms with E-state index in [0.717, 1.165) is 32.9 Å². The van der Waals surface area contributed by atoms with Crippen molar-refractivity contribution in [3.63, 3.8) is 0 Å². The van der Waals surface area contributed by atoms with E-state index >= 15 is 0 Å². The summed E-state index contributed by atoms with van der Waals surface area (Å²) in [6.45, 7) is 3.67. The Morgan fingerprint density at radius 2 is 1.81 bits per heavy atom. The van der Waals surface area contributed by atoms with Crippen LogP contribution in [0.4, 0.5) is 0 Å². The van der Waals surface area contributed by atoms with Gasteiger partial charge in [-0.05, 0) is 43.2 Å². The van der Waals surface area contributed by atoms with Crippen LogP contribution in [0.3, 0.4) is 0 Å². The van der Waals surface area contributed by atoms with Crippen LogP contribution in [0.1, 0.15) is 31.8 Å². The molecule has 0 bridgehead atoms. The lowest BCUT2D eigenvalue weighted by Crippen LogP contribution is -2.14. The van der Waals surface area contributed by atoms with Gasteiger partial charge in [-0.2, -0.15) is 0 Å². The van der Waals surface area contributed by atoms with Crippen molar-refractivity contribution in [2.75, 3.05) is 0 Å². The lowest BCUT2D eigenvalue weighted by atomic mass is 9.97. The minimum Gasteiger partial charge on any atom is -0.366 e. The average molecular weight is 281 g/mol. The molecule has 3 rings (SSSR count). The molecule has 0 atom stereocenters. The number of hydrogen-bond donors (Lipinski definition) is 3. The topological polar surface area (TPSA) is 102 Å². The molecule has 5 nitrogen and oxygen atoms in total. The third-order valence-corrected chi connectivity index (χ3v) is 3.88. The van der Waals surface area contributed by atoms with Crippen LogP contribution in [0.5, 0.6) is 0 Å². The molecule has 0 spiro atoms. The molecule has 0 aliphatic heterocycles. The summed E-state index contributed by atoms with van der Waals surface area (Å²) in [4.78, 5) is 26.5. The third-order valence-electron chi connectivity index (χ3n) is 3.88. The fraction of sp³-hybridized carbons (Fsp3) is 0.125. The highest BCUT2D eigenvalue weighted by Gasteiger charge is 2.18. The fourth-order valence-electron chi connectivity index (χ4n) is 3.01. The lowest BCUT2D eigenvalue weighted by molar-refractivity contribution is 0.0992. The van der Waals surface area contributed by atoms with Crippen molar-refractivity contribution < 1.29 is 9.59 Å². The van der Waals surface area contributed by atoms with E-state index in [4.69, 9.17) is 11.5 Å². The Labute approximate surface area is 120 Å². The van der Waals surface area contributed by atoms with Gasteiger partial charge in [0.2, 0.25) is 11.8 Å². The molecule has 0 saturated heterocycles. The summed E-state index contributed by atoms with van der Waals surface area (Å²) in [5.74, 6) is -0.934. The average Bonchev–Trinajstić information content (AvgIpc) is 2.77. The first-order chi connectivity index (χ1) is 9.91. The molecule has 2 amide bonds. The quantitative estimate of drug-likeness (QED) is 0.670. The molecule has 2 aromatic carbocycles. The van der Waals surface area contributed by atoms with Crippen molar-refractivity contribution in [1.29, 1.82) is 0 Å². The Hall–Kier alpha value is -2.82. The molecule has 0 aliphatic carbocycles. The molecule has 1 heterocycles. The van der Waals surface area contributed by atoms with Gasteiger partial charge in [0.05, 0.1) is 5.52 Å². The van der Waals surface area contributed by atoms with E-state index in [1.54, 1.807) is 12.1 Å². The van der Waals surface area contributed by atoms with Gasteiger partial charge in [0.15, 0.2) is 0 Å². The van der Waals surface area contributed by atoms with Crippen LogP contribution >= 0.6 is 0 Å². The molecule has 21 heavy (non-hydrogen) atoms. The van der Waals surface area contributed by atoms with Crippen LogP contribution in [0.15, 0.2) is 24.3 Å². The molecule has 106 valence electrons. The first-order valence-electron chi connectivity index (χ1n) is 6.56. The van der Waals surface area contributed by atoms with Crippen molar-refractivity contribution in [3.05, 3.63) is 46.5 Å². The van der Waals surface area contributed by atoms with Crippen LogP contribution in [0.2, 0.25) is 0 Å². The van der Waals surface area contributed by atoms with Crippen molar-refractivity contribution in [2.45, 2.75) is 13.8 Å². The molecule has 0 aliphatic rings. The number of carbonyl (C=O) groups is 2. The molecule has 3 aromatic rings. The number of hydrogen-bond acceptors (Lipinski definition) is 2. The fourth-order valence-corrected chi connectivity index (χ4v) is 3.01. The summed E-state index contributed by atoms with van der Waals surface area (Å²) in [6, 6.07) is 7.22. The Morgan fingerprint density at radius 3 is 2.43 bits per heavy atom. The highest BCUT2D eigenvalue weighted by molar-refractivity contribution is 6.19. The Morgan fingerprint density at radius 1 is 1.10 bits per heavy atom. The first kappa shape index (κ1) is 13.2. The number of nitrogens with two attached hydrogens (primary N) is 2. The number of fused-ring (bicyclic) bond motifs is 3. The maximum absolute atomic E-state index is 11.6. The third kappa shape index (κ3) is 1.78. The van der Waals surface area contributed by atoms with E-state index in [0.29, 0.717) is 11.1 Å². The second kappa shape index (κ2) is 4.34. The molecule has 5 N–H and O–H groups in total. The summed E-state index contributed by atoms with van der Waals surface area (Å²) in [6.07, 6.45) is 0. The molecule has 0 saturated carbocycles. The minimum absolute atomic E-state index is 0.458. The van der Waals surface area contributed by atoms with E-state index in [2.05, 4.69) is 4.98 Å². The second-order valence-electron chi connectivity index (χ2n) is 5.20. The molecule has 0 fully saturated rings. The van der Waals surface area contributed by atoms with Crippen molar-refractivity contribution in [3.8, 4) is 0 Å². The number of aromatic amines is 1. The molecule has 0 radical (unpaired) electrons. The van der Waals surface area contributed by atoms with Crippen LogP contribution in [0.25, 0.3) is 21.8 Å². The Kier molecular flexibility index (Phi) is 2.73. The Bertz CT molecular complexity index is 922. The first-order valence-corrected chi connectivity index (χ1v) is 6.56. The normalized spacial score (nSPS) is 11.1. The van der Waals surface area contributed by atoms with Gasteiger partial charge in [0.1, 0.15) is 0 Å². The molecular weight excluding hydrogens is 266 g/mol. The summed E-state index contributed by atoms with van der Waals surface area (Å²) in [5, 5.41) is 1.65. The number of benzene rings is 2. The van der Waals surface area contributed by atoms with Gasteiger partial charge in [-0.15, -0.1) is 0 Å². The number of nitrogens with one attached hydrogen (secondary N) is 1. The predicted octanol–water partition coefficient (Wildman–Crippen LogP) is 2.14. The summed E-state index contributed by atoms with van der Waals surface area (Å²) >= 11 is 0. The smallest absolute Gasteiger partial charge is 0.249 e. The van der Waals surface area contributed by atoms with Gasteiger partial charge in [-0.3, -0.25) is 9.59 Å². The van der Waals surface area contributed by atoms with Crippen LogP contribution in [0, 0.1) is 13.8 Å². The van der Waals surface area contributed by atoms with Crippen molar-refractivity contribution >= 4 is 33.6 Å². The Balaban J connectivity index is 2.55. The van der Waals surface area contributed by atoms with Gasteiger partial charge in [0.25, 0.3) is 0 Å². The summed E-state index contributed by atoms with van der Waals surface area (Å²) in [5.41, 5.74) is 15.1. The molecule has 1 aromatic heterocycles. The van der Waals surface area contributed by atoms with Gasteiger partial charge in [0, 0.05) is 27.4 Å². The number of rotatable bonds is 2. The zero-order valence-electron chi connectivity index (χ0n) is 11.8. The number of H-pyrrole nitrogens is 1. The zero-order chi connectivity index (χ0) is 15.3. The summed E-state index contributed by atoms with van der Waals surface area (Å²) in [7, 11) is 0. The van der Waals surface area contributed by atoms with Gasteiger partial charge < -0.3 is 16.5 Å². The van der Waals surface area contributed by atoms with Gasteiger partial charge in [-0.25, -0.2) is 0 Å². The van der Waals surface area contributed by atoms with Crippen LogP contribution < -0.4 is 11.5 Å². The zero-order valence-corrected chi connectivity index (χ0v) is 11.8. The van der Waals surface area contributed by atoms with E-state index in [-0.39, 0.29) is 0 Å². The number of aryl methyl sites for hydroxylation is 2. The number of primary amides is 2. The van der Waals surface area contributed by atoms with Crippen LogP contribution in [-0.4, -0.2) is 16.8 Å². The maximum Gasteiger partial charge on any atom is 0.249 e. The van der Waals surface area contributed by atoms with E-state index in [1.807, 2.05) is 26.0 Å². The standard InChI is InChI=1S/C16H15N3O2/c1-7-6-10-13-9(15(17)20)4-3-5-11(13)19-14(10)8(2)12(7)16(18)21/h3-6,19H,1-2H3,(H2,17,20)(H2,18,21). The monoisotopic (exact) mass is 281 g/mol. The summed E-state index contributed by atoms with van der Waals surface area (Å²) < 4.78 is 0.